The van der Waals surface area contributed by atoms with Gasteiger partial charge in [0.2, 0.25) is 0 Å². The number of hydrogen-bond acceptors (Lipinski definition) is 2. The van der Waals surface area contributed by atoms with Gasteiger partial charge in [-0.3, -0.25) is 0 Å². The minimum absolute atomic E-state index is 0.914. The smallest absolute Gasteiger partial charge is 0.0659 e. The van der Waals surface area contributed by atoms with Crippen molar-refractivity contribution in [2.45, 2.75) is 6.92 Å². The summed E-state index contributed by atoms with van der Waals surface area (Å²) in [5.41, 5.74) is 4.83. The third kappa shape index (κ3) is 3.58. The van der Waals surface area contributed by atoms with Crippen molar-refractivity contribution in [3.05, 3.63) is 94.7 Å². The zero-order valence-corrected chi connectivity index (χ0v) is 13.9. The van der Waals surface area contributed by atoms with E-state index in [0.717, 1.165) is 39.2 Å². The highest BCUT2D eigenvalue weighted by Crippen LogP contribution is 2.14. The van der Waals surface area contributed by atoms with Crippen molar-refractivity contribution in [1.29, 1.82) is 0 Å². The highest BCUT2D eigenvalue weighted by molar-refractivity contribution is 6.19. The van der Waals surface area contributed by atoms with Gasteiger partial charge in [-0.2, -0.15) is 0 Å². The van der Waals surface area contributed by atoms with Gasteiger partial charge in [0.05, 0.1) is 22.8 Å². The lowest BCUT2D eigenvalue weighted by Gasteiger charge is -1.90. The van der Waals surface area contributed by atoms with Gasteiger partial charge < -0.3 is 9.97 Å². The largest absolute Gasteiger partial charge is 0.362 e. The second kappa shape index (κ2) is 6.61. The molecule has 0 bridgehead atoms. The molecule has 0 saturated carbocycles. The Morgan fingerprint density at radius 3 is 2.24 bits per heavy atom. The van der Waals surface area contributed by atoms with Gasteiger partial charge in [0.1, 0.15) is 0 Å². The number of H-pyrrole nitrogens is 2. The fraction of sp³-hybridized carbons (Fsp3) is 0.0476. The van der Waals surface area contributed by atoms with Crippen LogP contribution in [0.2, 0.25) is 0 Å². The molecule has 2 aliphatic rings. The number of nitrogens with zero attached hydrogens (tertiary/aromatic N) is 2. The maximum atomic E-state index is 4.62. The fourth-order valence-corrected chi connectivity index (χ4v) is 2.70. The van der Waals surface area contributed by atoms with E-state index in [9.17, 15) is 0 Å². The normalized spacial score (nSPS) is 21.0. The van der Waals surface area contributed by atoms with Crippen LogP contribution >= 0.6 is 0 Å². The molecule has 0 spiro atoms. The second-order valence-electron chi connectivity index (χ2n) is 5.81. The summed E-state index contributed by atoms with van der Waals surface area (Å²) < 4.78 is 0. The van der Waals surface area contributed by atoms with Gasteiger partial charge in [-0.05, 0) is 73.7 Å². The topological polar surface area (TPSA) is 56.3 Å². The molecule has 0 atom stereocenters. The second-order valence-corrected chi connectivity index (χ2v) is 5.81. The maximum Gasteiger partial charge on any atom is 0.0659 e. The van der Waals surface area contributed by atoms with Crippen LogP contribution in [0.1, 0.15) is 12.6 Å². The minimum atomic E-state index is 0.914. The third-order valence-electron chi connectivity index (χ3n) is 3.93. The van der Waals surface area contributed by atoms with E-state index in [1.165, 1.54) is 0 Å². The number of aromatic amines is 2. The van der Waals surface area contributed by atoms with E-state index in [1.54, 1.807) is 0 Å². The molecule has 25 heavy (non-hydrogen) atoms. The summed E-state index contributed by atoms with van der Waals surface area (Å²) in [6.45, 7) is 1.98. The van der Waals surface area contributed by atoms with Crippen molar-refractivity contribution in [3.8, 4) is 0 Å². The summed E-state index contributed by atoms with van der Waals surface area (Å²) >= 11 is 0. The first-order chi connectivity index (χ1) is 12.3. The third-order valence-corrected chi connectivity index (χ3v) is 3.93. The molecule has 0 aliphatic carbocycles. The van der Waals surface area contributed by atoms with E-state index >= 15 is 0 Å². The van der Waals surface area contributed by atoms with E-state index < -0.39 is 0 Å². The van der Waals surface area contributed by atoms with E-state index in [1.807, 2.05) is 67.8 Å². The first-order valence-electron chi connectivity index (χ1n) is 8.22. The molecule has 4 heterocycles. The molecular weight excluding hydrogens is 308 g/mol. The summed E-state index contributed by atoms with van der Waals surface area (Å²) in [6, 6.07) is 8.12. The van der Waals surface area contributed by atoms with Gasteiger partial charge in [0, 0.05) is 22.6 Å². The van der Waals surface area contributed by atoms with Crippen LogP contribution in [-0.2, 0) is 0 Å². The van der Waals surface area contributed by atoms with Crippen molar-refractivity contribution < 1.29 is 0 Å². The highest BCUT2D eigenvalue weighted by atomic mass is 14.8. The van der Waals surface area contributed by atoms with E-state index in [0.29, 0.717) is 0 Å². The lowest BCUT2D eigenvalue weighted by molar-refractivity contribution is 1.26. The zero-order chi connectivity index (χ0) is 17.1. The van der Waals surface area contributed by atoms with Gasteiger partial charge >= 0.3 is 0 Å². The predicted molar refractivity (Wildman–Crippen MR) is 104 cm³/mol. The SMILES string of the molecule is C/C=C1/C=CC(/C=C2/C=CC(/C=c3/cc/c(=C/c4ccc[nH]4)[nH]3)=N2)=N1. The molecule has 2 aromatic heterocycles. The molecule has 0 aromatic carbocycles. The fourth-order valence-electron chi connectivity index (χ4n) is 2.70. The van der Waals surface area contributed by atoms with Crippen LogP contribution < -0.4 is 10.7 Å². The van der Waals surface area contributed by atoms with E-state index in [2.05, 4.69) is 38.2 Å². The maximum absolute atomic E-state index is 4.62. The Bertz CT molecular complexity index is 1080. The molecule has 4 rings (SSSR count). The van der Waals surface area contributed by atoms with Crippen molar-refractivity contribution in [2.24, 2.45) is 9.98 Å². The molecule has 2 aliphatic heterocycles. The molecule has 4 heteroatoms. The first-order valence-corrected chi connectivity index (χ1v) is 8.22. The van der Waals surface area contributed by atoms with Crippen molar-refractivity contribution >= 4 is 23.6 Å². The van der Waals surface area contributed by atoms with Crippen LogP contribution in [0.3, 0.4) is 0 Å². The number of hydrogen-bond donors (Lipinski definition) is 2. The molecule has 0 fully saturated rings. The lowest BCUT2D eigenvalue weighted by atomic mass is 10.3. The molecule has 0 unspecified atom stereocenters. The lowest BCUT2D eigenvalue weighted by Crippen LogP contribution is -2.10. The van der Waals surface area contributed by atoms with Crippen LogP contribution in [-0.4, -0.2) is 21.4 Å². The molecule has 2 N–H and O–H groups in total. The predicted octanol–water partition coefficient (Wildman–Crippen LogP) is 2.76. The number of aliphatic imine (C=N–C) groups is 2. The molecule has 0 saturated heterocycles. The van der Waals surface area contributed by atoms with Crippen molar-refractivity contribution in [2.75, 3.05) is 0 Å². The standard InChI is InChI=1S/C21H18N4/c1-2-15-5-6-18(23-15)13-19-9-10-21(25-19)14-20-8-7-17(24-20)12-16-4-3-11-22-16/h2-14,22,24H,1H3/b15-2-,17-12-,19-13-,20-14-. The van der Waals surface area contributed by atoms with E-state index in [4.69, 9.17) is 0 Å². The summed E-state index contributed by atoms with van der Waals surface area (Å²) in [5.74, 6) is 0. The Kier molecular flexibility index (Phi) is 4.01. The van der Waals surface area contributed by atoms with Crippen molar-refractivity contribution in [1.82, 2.24) is 9.97 Å². The minimum Gasteiger partial charge on any atom is -0.362 e. The monoisotopic (exact) mass is 326 g/mol. The van der Waals surface area contributed by atoms with Gasteiger partial charge in [-0.1, -0.05) is 6.08 Å². The van der Waals surface area contributed by atoms with Crippen LogP contribution in [0.25, 0.3) is 12.2 Å². The van der Waals surface area contributed by atoms with Gasteiger partial charge in [-0.15, -0.1) is 0 Å². The Labute approximate surface area is 145 Å². The van der Waals surface area contributed by atoms with Crippen LogP contribution in [0.4, 0.5) is 0 Å². The molecule has 2 aromatic rings. The Balaban J connectivity index is 1.56. The van der Waals surface area contributed by atoms with Crippen LogP contribution in [0.5, 0.6) is 0 Å². The summed E-state index contributed by atoms with van der Waals surface area (Å²) in [4.78, 5) is 15.6. The van der Waals surface area contributed by atoms with Crippen LogP contribution in [0.15, 0.2) is 88.3 Å². The molecule has 4 nitrogen and oxygen atoms in total. The first kappa shape index (κ1) is 15.1. The van der Waals surface area contributed by atoms with Crippen molar-refractivity contribution in [3.63, 3.8) is 0 Å². The quantitative estimate of drug-likeness (QED) is 0.871. The van der Waals surface area contributed by atoms with Gasteiger partial charge in [0.25, 0.3) is 0 Å². The van der Waals surface area contributed by atoms with E-state index in [-0.39, 0.29) is 0 Å². The average Bonchev–Trinajstić information content (AvgIpc) is 3.38. The number of nitrogens with one attached hydrogen (secondary N) is 2. The summed E-state index contributed by atoms with van der Waals surface area (Å²) in [7, 11) is 0. The number of rotatable bonds is 3. The molecule has 0 amide bonds. The van der Waals surface area contributed by atoms with Gasteiger partial charge in [0.15, 0.2) is 0 Å². The number of allylic oxidation sites excluding steroid dienone is 6. The Morgan fingerprint density at radius 1 is 0.800 bits per heavy atom. The Hall–Kier alpha value is -3.40. The summed E-state index contributed by atoms with van der Waals surface area (Å²) in [6.07, 6.45) is 18.0. The summed E-state index contributed by atoms with van der Waals surface area (Å²) in [5, 5.41) is 2.08. The molecular formula is C21H18N4. The van der Waals surface area contributed by atoms with Crippen LogP contribution in [0, 0.1) is 0 Å². The van der Waals surface area contributed by atoms with Gasteiger partial charge in [-0.25, -0.2) is 9.98 Å². The number of aromatic nitrogens is 2. The average molecular weight is 326 g/mol. The molecule has 0 radical (unpaired) electrons. The zero-order valence-electron chi connectivity index (χ0n) is 13.9. The highest BCUT2D eigenvalue weighted by Gasteiger charge is 2.05. The molecule has 122 valence electrons. The Morgan fingerprint density at radius 2 is 1.52 bits per heavy atom.